The molecule has 0 spiro atoms. The molecular formula is C20H17NO5. The standard InChI is InChI=1S/C20H17NO5/c1-3-10-25-20(23)21-14-6-4-13(5-7-14)19-12-17(22)16-11-15(24-2)8-9-18(16)26-19/h3-9,11-12H,1,10H2,2H3,(H,21,23). The van der Waals surface area contributed by atoms with Crippen molar-refractivity contribution < 1.29 is 18.7 Å². The number of hydrogen-bond donors (Lipinski definition) is 1. The second-order valence-electron chi connectivity index (χ2n) is 5.43. The summed E-state index contributed by atoms with van der Waals surface area (Å²) in [6, 6.07) is 13.4. The SMILES string of the molecule is C=CCOC(=O)Nc1ccc(-c2cc(=O)c3cc(OC)ccc3o2)cc1. The first kappa shape index (κ1) is 17.3. The number of carbonyl (C=O) groups excluding carboxylic acids is 1. The van der Waals surface area contributed by atoms with Crippen LogP contribution in [0.15, 0.2) is 70.4 Å². The highest BCUT2D eigenvalue weighted by Crippen LogP contribution is 2.25. The van der Waals surface area contributed by atoms with Gasteiger partial charge in [0.15, 0.2) is 5.43 Å². The average molecular weight is 351 g/mol. The summed E-state index contributed by atoms with van der Waals surface area (Å²) in [4.78, 5) is 23.9. The molecule has 6 nitrogen and oxygen atoms in total. The van der Waals surface area contributed by atoms with E-state index in [1.54, 1.807) is 49.6 Å². The molecule has 1 amide bonds. The van der Waals surface area contributed by atoms with Gasteiger partial charge in [-0.2, -0.15) is 0 Å². The van der Waals surface area contributed by atoms with E-state index in [1.165, 1.54) is 12.1 Å². The summed E-state index contributed by atoms with van der Waals surface area (Å²) in [5.41, 5.74) is 1.60. The lowest BCUT2D eigenvalue weighted by atomic mass is 10.1. The van der Waals surface area contributed by atoms with Gasteiger partial charge in [-0.1, -0.05) is 12.7 Å². The van der Waals surface area contributed by atoms with E-state index in [0.29, 0.717) is 33.7 Å². The van der Waals surface area contributed by atoms with Crippen LogP contribution in [0.2, 0.25) is 0 Å². The lowest BCUT2D eigenvalue weighted by Gasteiger charge is -2.07. The molecule has 26 heavy (non-hydrogen) atoms. The predicted octanol–water partition coefficient (Wildman–Crippen LogP) is 4.20. The van der Waals surface area contributed by atoms with Crippen molar-refractivity contribution in [3.63, 3.8) is 0 Å². The first-order valence-corrected chi connectivity index (χ1v) is 7.87. The molecule has 0 bridgehead atoms. The average Bonchev–Trinajstić information content (AvgIpc) is 2.66. The first-order chi connectivity index (χ1) is 12.6. The van der Waals surface area contributed by atoms with Crippen molar-refractivity contribution in [1.82, 2.24) is 0 Å². The number of benzene rings is 2. The molecule has 6 heteroatoms. The number of ether oxygens (including phenoxy) is 2. The van der Waals surface area contributed by atoms with E-state index < -0.39 is 6.09 Å². The molecule has 1 heterocycles. The highest BCUT2D eigenvalue weighted by molar-refractivity contribution is 5.85. The lowest BCUT2D eigenvalue weighted by molar-refractivity contribution is 0.174. The normalized spacial score (nSPS) is 10.3. The molecular weight excluding hydrogens is 334 g/mol. The van der Waals surface area contributed by atoms with Crippen LogP contribution in [0.4, 0.5) is 10.5 Å². The fraction of sp³-hybridized carbons (Fsp3) is 0.100. The Morgan fingerprint density at radius 2 is 1.96 bits per heavy atom. The number of amides is 1. The van der Waals surface area contributed by atoms with Crippen molar-refractivity contribution in [2.75, 3.05) is 19.0 Å². The van der Waals surface area contributed by atoms with Crippen LogP contribution in [0, 0.1) is 0 Å². The zero-order valence-electron chi connectivity index (χ0n) is 14.2. The minimum absolute atomic E-state index is 0.136. The van der Waals surface area contributed by atoms with Crippen molar-refractivity contribution in [2.45, 2.75) is 0 Å². The van der Waals surface area contributed by atoms with Crippen LogP contribution in [-0.4, -0.2) is 19.8 Å². The molecule has 0 atom stereocenters. The van der Waals surface area contributed by atoms with Crippen molar-refractivity contribution in [1.29, 1.82) is 0 Å². The van der Waals surface area contributed by atoms with Crippen molar-refractivity contribution in [3.05, 3.63) is 71.4 Å². The third-order valence-electron chi connectivity index (χ3n) is 3.68. The van der Waals surface area contributed by atoms with Crippen LogP contribution in [0.3, 0.4) is 0 Å². The molecule has 2 aromatic carbocycles. The highest BCUT2D eigenvalue weighted by atomic mass is 16.5. The summed E-state index contributed by atoms with van der Waals surface area (Å²) >= 11 is 0. The third-order valence-corrected chi connectivity index (χ3v) is 3.68. The van der Waals surface area contributed by atoms with E-state index in [0.717, 1.165) is 0 Å². The van der Waals surface area contributed by atoms with Crippen LogP contribution in [0.5, 0.6) is 5.75 Å². The largest absolute Gasteiger partial charge is 0.497 e. The van der Waals surface area contributed by atoms with E-state index in [2.05, 4.69) is 11.9 Å². The van der Waals surface area contributed by atoms with Gasteiger partial charge >= 0.3 is 6.09 Å². The maximum absolute atomic E-state index is 12.4. The van der Waals surface area contributed by atoms with Gasteiger partial charge in [-0.3, -0.25) is 10.1 Å². The Kier molecular flexibility index (Phi) is 5.03. The van der Waals surface area contributed by atoms with Gasteiger partial charge in [-0.05, 0) is 42.5 Å². The molecule has 0 radical (unpaired) electrons. The molecule has 0 fully saturated rings. The van der Waals surface area contributed by atoms with E-state index in [4.69, 9.17) is 13.9 Å². The summed E-state index contributed by atoms with van der Waals surface area (Å²) < 4.78 is 15.8. The molecule has 0 saturated heterocycles. The minimum Gasteiger partial charge on any atom is -0.497 e. The Morgan fingerprint density at radius 1 is 1.19 bits per heavy atom. The van der Waals surface area contributed by atoms with Crippen LogP contribution in [0.25, 0.3) is 22.3 Å². The quantitative estimate of drug-likeness (QED) is 0.697. The van der Waals surface area contributed by atoms with E-state index >= 15 is 0 Å². The fourth-order valence-corrected chi connectivity index (χ4v) is 2.41. The molecule has 0 aliphatic heterocycles. The molecule has 0 saturated carbocycles. The molecule has 3 aromatic rings. The smallest absolute Gasteiger partial charge is 0.411 e. The first-order valence-electron chi connectivity index (χ1n) is 7.87. The van der Waals surface area contributed by atoms with Crippen LogP contribution < -0.4 is 15.5 Å². The van der Waals surface area contributed by atoms with Gasteiger partial charge in [-0.15, -0.1) is 0 Å². The lowest BCUT2D eigenvalue weighted by Crippen LogP contribution is -2.13. The van der Waals surface area contributed by atoms with Crippen molar-refractivity contribution >= 4 is 22.7 Å². The second kappa shape index (κ2) is 7.57. The minimum atomic E-state index is -0.566. The van der Waals surface area contributed by atoms with Gasteiger partial charge in [0.25, 0.3) is 0 Å². The number of hydrogen-bond acceptors (Lipinski definition) is 5. The Bertz CT molecular complexity index is 1000. The molecule has 132 valence electrons. The molecule has 0 aliphatic carbocycles. The van der Waals surface area contributed by atoms with Gasteiger partial charge < -0.3 is 13.9 Å². The number of fused-ring (bicyclic) bond motifs is 1. The van der Waals surface area contributed by atoms with E-state index in [9.17, 15) is 9.59 Å². The van der Waals surface area contributed by atoms with Gasteiger partial charge in [0.05, 0.1) is 12.5 Å². The van der Waals surface area contributed by atoms with Crippen molar-refractivity contribution in [2.24, 2.45) is 0 Å². The van der Waals surface area contributed by atoms with Gasteiger partial charge in [0, 0.05) is 17.3 Å². The van der Waals surface area contributed by atoms with Gasteiger partial charge in [0.1, 0.15) is 23.7 Å². The van der Waals surface area contributed by atoms with E-state index in [1.807, 2.05) is 0 Å². The predicted molar refractivity (Wildman–Crippen MR) is 99.6 cm³/mol. The van der Waals surface area contributed by atoms with Crippen LogP contribution in [0.1, 0.15) is 0 Å². The molecule has 0 unspecified atom stereocenters. The number of anilines is 1. The summed E-state index contributed by atoms with van der Waals surface area (Å²) in [6.07, 6.45) is 0.920. The number of nitrogens with one attached hydrogen (secondary N) is 1. The second-order valence-corrected chi connectivity index (χ2v) is 5.43. The zero-order chi connectivity index (χ0) is 18.5. The maximum Gasteiger partial charge on any atom is 0.411 e. The number of methoxy groups -OCH3 is 1. The summed E-state index contributed by atoms with van der Waals surface area (Å²) in [6.45, 7) is 3.61. The fourth-order valence-electron chi connectivity index (χ4n) is 2.41. The summed E-state index contributed by atoms with van der Waals surface area (Å²) in [7, 11) is 1.54. The van der Waals surface area contributed by atoms with Crippen LogP contribution in [-0.2, 0) is 4.74 Å². The monoisotopic (exact) mass is 351 g/mol. The molecule has 1 aromatic heterocycles. The molecule has 3 rings (SSSR count). The Morgan fingerprint density at radius 3 is 2.65 bits per heavy atom. The van der Waals surface area contributed by atoms with Gasteiger partial charge in [0.2, 0.25) is 0 Å². The molecule has 1 N–H and O–H groups in total. The van der Waals surface area contributed by atoms with Gasteiger partial charge in [-0.25, -0.2) is 4.79 Å². The maximum atomic E-state index is 12.4. The Balaban J connectivity index is 1.86. The highest BCUT2D eigenvalue weighted by Gasteiger charge is 2.09. The van der Waals surface area contributed by atoms with Crippen molar-refractivity contribution in [3.8, 4) is 17.1 Å². The number of rotatable bonds is 5. The Hall–Kier alpha value is -3.54. The molecule has 0 aliphatic rings. The van der Waals surface area contributed by atoms with E-state index in [-0.39, 0.29) is 12.0 Å². The number of carbonyl (C=O) groups is 1. The van der Waals surface area contributed by atoms with Crippen LogP contribution >= 0.6 is 0 Å². The third kappa shape index (κ3) is 3.75. The summed E-state index contributed by atoms with van der Waals surface area (Å²) in [5, 5.41) is 3.05. The summed E-state index contributed by atoms with van der Waals surface area (Å²) in [5.74, 6) is 1.03. The topological polar surface area (TPSA) is 77.8 Å². The Labute approximate surface area is 149 Å². The zero-order valence-corrected chi connectivity index (χ0v) is 14.2.